The van der Waals surface area contributed by atoms with Crippen molar-refractivity contribution in [2.24, 2.45) is 0 Å². The Labute approximate surface area is 230 Å². The molecule has 5 rings (SSSR count). The molecule has 0 spiro atoms. The van der Waals surface area contributed by atoms with Crippen molar-refractivity contribution in [1.82, 2.24) is 14.8 Å². The number of anilines is 1. The highest BCUT2D eigenvalue weighted by Crippen LogP contribution is 2.31. The molecule has 0 radical (unpaired) electrons. The number of aryl methyl sites for hydroxylation is 1. The molecule has 0 amide bonds. The van der Waals surface area contributed by atoms with Crippen LogP contribution >= 0.6 is 0 Å². The largest absolute Gasteiger partial charge is 0.496 e. The summed E-state index contributed by atoms with van der Waals surface area (Å²) in [4.78, 5) is 20.5. The Morgan fingerprint density at radius 1 is 1.03 bits per heavy atom. The van der Waals surface area contributed by atoms with Crippen LogP contribution in [0.15, 0.2) is 42.6 Å². The van der Waals surface area contributed by atoms with Gasteiger partial charge in [0.05, 0.1) is 24.9 Å². The smallest absolute Gasteiger partial charge is 0.337 e. The molecule has 2 aliphatic heterocycles. The van der Waals surface area contributed by atoms with Gasteiger partial charge in [0, 0.05) is 68.5 Å². The zero-order valence-corrected chi connectivity index (χ0v) is 23.6. The molecule has 2 fully saturated rings. The van der Waals surface area contributed by atoms with Crippen LogP contribution in [0.3, 0.4) is 0 Å². The Bertz CT molecular complexity index is 1190. The number of aromatic carboxylic acids is 1. The number of aromatic amines is 1. The maximum atomic E-state index is 12.5. The summed E-state index contributed by atoms with van der Waals surface area (Å²) in [5.41, 5.74) is 4.73. The average molecular weight is 545 g/mol. The van der Waals surface area contributed by atoms with Crippen molar-refractivity contribution < 1.29 is 23.4 Å². The van der Waals surface area contributed by atoms with Gasteiger partial charge in [0.15, 0.2) is 0 Å². The summed E-state index contributed by atoms with van der Waals surface area (Å²) < 4.78 is 30.5. The molecular formula is C30H42F2N4O3. The van der Waals surface area contributed by atoms with Crippen molar-refractivity contribution in [2.45, 2.75) is 46.6 Å². The lowest BCUT2D eigenvalue weighted by molar-refractivity contribution is 0.0542. The summed E-state index contributed by atoms with van der Waals surface area (Å²) in [6.07, 6.45) is 2.02. The molecule has 214 valence electrons. The number of carbonyl (C=O) groups is 1. The number of alkyl halides is 2. The molecule has 9 heteroatoms. The van der Waals surface area contributed by atoms with E-state index >= 15 is 0 Å². The van der Waals surface area contributed by atoms with Gasteiger partial charge in [-0.2, -0.15) is 0 Å². The number of halogens is 2. The Morgan fingerprint density at radius 3 is 2.28 bits per heavy atom. The van der Waals surface area contributed by atoms with Crippen LogP contribution in [-0.4, -0.2) is 85.2 Å². The van der Waals surface area contributed by atoms with Crippen LogP contribution in [0.1, 0.15) is 48.2 Å². The number of hydrogen-bond acceptors (Lipinski definition) is 5. The lowest BCUT2D eigenvalue weighted by Gasteiger charge is -2.34. The molecule has 0 aliphatic carbocycles. The number of rotatable bonds is 7. The predicted molar refractivity (Wildman–Crippen MR) is 154 cm³/mol. The summed E-state index contributed by atoms with van der Waals surface area (Å²) >= 11 is 0. The molecule has 7 nitrogen and oxygen atoms in total. The first-order chi connectivity index (χ1) is 18.9. The van der Waals surface area contributed by atoms with Crippen LogP contribution in [0, 0.1) is 6.92 Å². The number of nitrogens with zero attached hydrogens (tertiary/aromatic N) is 3. The van der Waals surface area contributed by atoms with Gasteiger partial charge in [-0.1, -0.05) is 26.0 Å². The standard InChI is InChI=1S/C17H23F2N3O.C11H13NO2.C2H6/c1-12-9-15(23-2)14(13-3-4-20-17(12)13)10-21-5-7-22(8-6-21)11-16(18)19;13-11(14)9-5-1-2-6-10(9)12-7-3-4-8-12;1-2/h3-4,9,16,20H,5-8,10-11H2,1-2H3;1-2,5-6H,3-4,7-8H2,(H,13,14);1-2H3. The Balaban J connectivity index is 0.000000224. The van der Waals surface area contributed by atoms with E-state index in [0.717, 1.165) is 73.6 Å². The number of ether oxygens (including phenoxy) is 1. The molecule has 0 atom stereocenters. The number of hydrogen-bond donors (Lipinski definition) is 2. The summed E-state index contributed by atoms with van der Waals surface area (Å²) in [6.45, 7) is 11.7. The van der Waals surface area contributed by atoms with Crippen LogP contribution < -0.4 is 9.64 Å². The molecule has 2 aromatic carbocycles. The van der Waals surface area contributed by atoms with Crippen molar-refractivity contribution in [2.75, 3.05) is 57.8 Å². The second-order valence-electron chi connectivity index (χ2n) is 9.62. The van der Waals surface area contributed by atoms with E-state index in [4.69, 9.17) is 9.84 Å². The first-order valence-electron chi connectivity index (χ1n) is 13.8. The summed E-state index contributed by atoms with van der Waals surface area (Å²) in [7, 11) is 1.69. The van der Waals surface area contributed by atoms with Gasteiger partial charge in [-0.15, -0.1) is 0 Å². The van der Waals surface area contributed by atoms with Crippen molar-refractivity contribution >= 4 is 22.6 Å². The molecule has 3 heterocycles. The van der Waals surface area contributed by atoms with Gasteiger partial charge in [-0.05, 0) is 49.6 Å². The van der Waals surface area contributed by atoms with Crippen LogP contribution in [0.4, 0.5) is 14.5 Å². The Morgan fingerprint density at radius 2 is 1.67 bits per heavy atom. The first kappa shape index (κ1) is 30.4. The highest BCUT2D eigenvalue weighted by atomic mass is 19.3. The van der Waals surface area contributed by atoms with Gasteiger partial charge in [0.1, 0.15) is 5.75 Å². The molecular weight excluding hydrogens is 502 g/mol. The topological polar surface area (TPSA) is 72.0 Å². The number of methoxy groups -OCH3 is 1. The van der Waals surface area contributed by atoms with E-state index in [-0.39, 0.29) is 6.54 Å². The fraction of sp³-hybridized carbons (Fsp3) is 0.500. The highest BCUT2D eigenvalue weighted by molar-refractivity contribution is 5.94. The van der Waals surface area contributed by atoms with Gasteiger partial charge in [0.2, 0.25) is 0 Å². The fourth-order valence-corrected chi connectivity index (χ4v) is 5.22. The van der Waals surface area contributed by atoms with Crippen molar-refractivity contribution in [3.05, 3.63) is 59.3 Å². The summed E-state index contributed by atoms with van der Waals surface area (Å²) in [5.74, 6) is 0.0529. The van der Waals surface area contributed by atoms with Crippen molar-refractivity contribution in [1.29, 1.82) is 0 Å². The third kappa shape index (κ3) is 7.92. The number of para-hydroxylation sites is 1. The number of benzene rings is 2. The highest BCUT2D eigenvalue weighted by Gasteiger charge is 2.22. The number of nitrogens with one attached hydrogen (secondary N) is 1. The zero-order valence-electron chi connectivity index (χ0n) is 23.6. The van der Waals surface area contributed by atoms with E-state index in [1.807, 2.05) is 37.1 Å². The molecule has 3 aromatic rings. The maximum absolute atomic E-state index is 12.5. The normalized spacial score (nSPS) is 16.0. The van der Waals surface area contributed by atoms with Crippen LogP contribution in [-0.2, 0) is 6.54 Å². The number of carboxylic acids is 1. The molecule has 2 N–H and O–H groups in total. The Hall–Kier alpha value is -3.17. The Kier molecular flexibility index (Phi) is 11.6. The van der Waals surface area contributed by atoms with Crippen molar-refractivity contribution in [3.8, 4) is 5.75 Å². The fourth-order valence-electron chi connectivity index (χ4n) is 5.22. The van der Waals surface area contributed by atoms with Gasteiger partial charge in [-0.25, -0.2) is 13.6 Å². The molecule has 0 unspecified atom stereocenters. The van der Waals surface area contributed by atoms with Crippen LogP contribution in [0.25, 0.3) is 10.9 Å². The molecule has 0 saturated carbocycles. The van der Waals surface area contributed by atoms with E-state index < -0.39 is 12.4 Å². The lowest BCUT2D eigenvalue weighted by Crippen LogP contribution is -2.47. The first-order valence-corrected chi connectivity index (χ1v) is 13.8. The average Bonchev–Trinajstić information content (AvgIpc) is 3.66. The van der Waals surface area contributed by atoms with Crippen molar-refractivity contribution in [3.63, 3.8) is 0 Å². The van der Waals surface area contributed by atoms with Gasteiger partial charge >= 0.3 is 5.97 Å². The molecule has 0 bridgehead atoms. The molecule has 1 aromatic heterocycles. The van der Waals surface area contributed by atoms with Gasteiger partial charge in [0.25, 0.3) is 6.43 Å². The number of piperazine rings is 1. The quantitative estimate of drug-likeness (QED) is 0.387. The van der Waals surface area contributed by atoms with E-state index in [1.165, 1.54) is 5.39 Å². The predicted octanol–water partition coefficient (Wildman–Crippen LogP) is 5.88. The minimum absolute atomic E-state index is 0.121. The van der Waals surface area contributed by atoms with Gasteiger partial charge in [-0.3, -0.25) is 9.80 Å². The van der Waals surface area contributed by atoms with E-state index in [2.05, 4.69) is 33.8 Å². The molecule has 39 heavy (non-hydrogen) atoms. The van der Waals surface area contributed by atoms with E-state index in [0.29, 0.717) is 18.7 Å². The third-order valence-corrected chi connectivity index (χ3v) is 7.16. The lowest BCUT2D eigenvalue weighted by atomic mass is 10.0. The number of fused-ring (bicyclic) bond motifs is 1. The second-order valence-corrected chi connectivity index (χ2v) is 9.62. The number of carboxylic acid groups (broad SMARTS) is 1. The second kappa shape index (κ2) is 14.8. The zero-order chi connectivity index (χ0) is 28.4. The third-order valence-electron chi connectivity index (χ3n) is 7.16. The number of aromatic nitrogens is 1. The molecule has 2 saturated heterocycles. The van der Waals surface area contributed by atoms with Crippen LogP contribution in [0.2, 0.25) is 0 Å². The molecule has 2 aliphatic rings. The minimum Gasteiger partial charge on any atom is -0.496 e. The maximum Gasteiger partial charge on any atom is 0.337 e. The number of H-pyrrole nitrogens is 1. The van der Waals surface area contributed by atoms with Gasteiger partial charge < -0.3 is 19.7 Å². The SMILES string of the molecule is CC.COc1cc(C)c2[nH]ccc2c1CN1CCN(CC(F)F)CC1.O=C(O)c1ccccc1N1CCCC1. The summed E-state index contributed by atoms with van der Waals surface area (Å²) in [5, 5.41) is 10.2. The van der Waals surface area contributed by atoms with E-state index in [9.17, 15) is 13.6 Å². The monoisotopic (exact) mass is 544 g/mol. The summed E-state index contributed by atoms with van der Waals surface area (Å²) in [6, 6.07) is 11.3. The minimum atomic E-state index is -2.25. The van der Waals surface area contributed by atoms with E-state index in [1.54, 1.807) is 19.2 Å². The van der Waals surface area contributed by atoms with Crippen LogP contribution in [0.5, 0.6) is 5.75 Å².